The lowest BCUT2D eigenvalue weighted by Gasteiger charge is -2.18. The van der Waals surface area contributed by atoms with Gasteiger partial charge in [-0.05, 0) is 30.7 Å². The van der Waals surface area contributed by atoms with Gasteiger partial charge in [-0.3, -0.25) is 9.98 Å². The van der Waals surface area contributed by atoms with Crippen LogP contribution in [0.2, 0.25) is 0 Å². The minimum Gasteiger partial charge on any atom is -0.488 e. The van der Waals surface area contributed by atoms with Crippen molar-refractivity contribution in [2.45, 2.75) is 32.4 Å². The predicted octanol–water partition coefficient (Wildman–Crippen LogP) is 2.52. The third-order valence-corrected chi connectivity index (χ3v) is 5.07. The molecule has 168 valence electrons. The Kier molecular flexibility index (Phi) is 7.29. The molecule has 1 aliphatic heterocycles. The van der Waals surface area contributed by atoms with E-state index in [4.69, 9.17) is 14.0 Å². The first-order chi connectivity index (χ1) is 15.7. The molecule has 1 atom stereocenters. The molecule has 9 heteroatoms. The van der Waals surface area contributed by atoms with Crippen molar-refractivity contribution < 1.29 is 14.0 Å². The molecule has 9 nitrogen and oxygen atoms in total. The molecule has 2 N–H and O–H groups in total. The lowest BCUT2D eigenvalue weighted by molar-refractivity contribution is 0.140. The van der Waals surface area contributed by atoms with Crippen molar-refractivity contribution in [3.63, 3.8) is 0 Å². The van der Waals surface area contributed by atoms with Crippen molar-refractivity contribution in [1.29, 1.82) is 0 Å². The van der Waals surface area contributed by atoms with Crippen LogP contribution in [0.25, 0.3) is 11.6 Å². The summed E-state index contributed by atoms with van der Waals surface area (Å²) in [6, 6.07) is 11.8. The van der Waals surface area contributed by atoms with E-state index < -0.39 is 0 Å². The van der Waals surface area contributed by atoms with Gasteiger partial charge >= 0.3 is 0 Å². The van der Waals surface area contributed by atoms with Crippen LogP contribution in [-0.4, -0.2) is 54.0 Å². The van der Waals surface area contributed by atoms with Gasteiger partial charge < -0.3 is 24.6 Å². The minimum absolute atomic E-state index is 0.110. The molecule has 0 aliphatic carbocycles. The molecule has 32 heavy (non-hydrogen) atoms. The maximum absolute atomic E-state index is 6.17. The molecule has 1 aliphatic rings. The lowest BCUT2D eigenvalue weighted by Crippen LogP contribution is -2.38. The molecule has 3 heterocycles. The maximum atomic E-state index is 6.17. The number of aliphatic imine (C=N–C) groups is 1. The van der Waals surface area contributed by atoms with E-state index in [9.17, 15) is 0 Å². The van der Waals surface area contributed by atoms with Crippen molar-refractivity contribution >= 4 is 5.96 Å². The Morgan fingerprint density at radius 2 is 2.19 bits per heavy atom. The first-order valence-corrected chi connectivity index (χ1v) is 10.7. The highest BCUT2D eigenvalue weighted by Gasteiger charge is 2.19. The number of pyridine rings is 1. The highest BCUT2D eigenvalue weighted by atomic mass is 16.5. The van der Waals surface area contributed by atoms with Crippen LogP contribution in [0.5, 0.6) is 5.75 Å². The number of guanidine groups is 1. The predicted molar refractivity (Wildman–Crippen MR) is 120 cm³/mol. The van der Waals surface area contributed by atoms with E-state index in [-0.39, 0.29) is 6.10 Å². The van der Waals surface area contributed by atoms with Crippen molar-refractivity contribution in [3.8, 4) is 17.3 Å². The molecule has 3 aromatic rings. The Hall–Kier alpha value is -3.46. The average molecular weight is 437 g/mol. The SMILES string of the molecule is CN=C(NCCc1noc(-c2ccccn2)n1)NCc1ccc(C)cc1OC1CCOC1. The number of hydrogen-bond acceptors (Lipinski definition) is 7. The zero-order valence-corrected chi connectivity index (χ0v) is 18.4. The van der Waals surface area contributed by atoms with Crippen LogP contribution >= 0.6 is 0 Å². The van der Waals surface area contributed by atoms with Gasteiger partial charge in [0.1, 0.15) is 17.5 Å². The summed E-state index contributed by atoms with van der Waals surface area (Å²) in [5.41, 5.74) is 2.90. The third kappa shape index (κ3) is 5.82. The molecule has 1 saturated heterocycles. The van der Waals surface area contributed by atoms with Crippen LogP contribution in [0, 0.1) is 6.92 Å². The molecular weight excluding hydrogens is 408 g/mol. The second-order valence-corrected chi connectivity index (χ2v) is 7.55. The Morgan fingerprint density at radius 1 is 1.25 bits per heavy atom. The normalized spacial score (nSPS) is 16.2. The number of hydrogen-bond donors (Lipinski definition) is 2. The van der Waals surface area contributed by atoms with Crippen molar-refractivity contribution in [3.05, 3.63) is 59.5 Å². The summed E-state index contributed by atoms with van der Waals surface area (Å²) in [7, 11) is 1.74. The van der Waals surface area contributed by atoms with Gasteiger partial charge in [-0.2, -0.15) is 4.98 Å². The number of ether oxygens (including phenoxy) is 2. The van der Waals surface area contributed by atoms with Gasteiger partial charge in [-0.15, -0.1) is 0 Å². The van der Waals surface area contributed by atoms with Crippen molar-refractivity contribution in [1.82, 2.24) is 25.8 Å². The standard InChI is InChI=1S/C23H28N6O3/c1-16-6-7-17(20(13-16)31-18-9-12-30-15-18)14-27-23(24-2)26-11-8-21-28-22(32-29-21)19-5-3-4-10-25-19/h3-7,10,13,18H,8-9,11-12,14-15H2,1-2H3,(H2,24,26,27). The van der Waals surface area contributed by atoms with Crippen molar-refractivity contribution in [2.75, 3.05) is 26.8 Å². The summed E-state index contributed by atoms with van der Waals surface area (Å²) in [5, 5.41) is 10.6. The topological polar surface area (TPSA) is 107 Å². The Bertz CT molecular complexity index is 1030. The van der Waals surface area contributed by atoms with E-state index in [1.807, 2.05) is 18.2 Å². The summed E-state index contributed by atoms with van der Waals surface area (Å²) < 4.78 is 16.9. The number of nitrogens with one attached hydrogen (secondary N) is 2. The third-order valence-electron chi connectivity index (χ3n) is 5.07. The summed E-state index contributed by atoms with van der Waals surface area (Å²) in [6.45, 7) is 4.66. The molecule has 0 saturated carbocycles. The van der Waals surface area contributed by atoms with Crippen LogP contribution in [-0.2, 0) is 17.7 Å². The monoisotopic (exact) mass is 436 g/mol. The highest BCUT2D eigenvalue weighted by Crippen LogP contribution is 2.23. The van der Waals surface area contributed by atoms with Crippen molar-refractivity contribution in [2.24, 2.45) is 4.99 Å². The van der Waals surface area contributed by atoms with E-state index >= 15 is 0 Å². The van der Waals surface area contributed by atoms with Gasteiger partial charge in [0.15, 0.2) is 11.8 Å². The molecule has 0 bridgehead atoms. The zero-order valence-electron chi connectivity index (χ0n) is 18.4. The molecule has 0 amide bonds. The molecule has 1 fully saturated rings. The highest BCUT2D eigenvalue weighted by molar-refractivity contribution is 5.79. The van der Waals surface area contributed by atoms with Gasteiger partial charge in [0.05, 0.1) is 13.2 Å². The number of aromatic nitrogens is 3. The van der Waals surface area contributed by atoms with E-state index in [1.165, 1.54) is 0 Å². The molecular formula is C23H28N6O3. The van der Waals surface area contributed by atoms with Gasteiger partial charge in [-0.1, -0.05) is 23.4 Å². The number of benzene rings is 1. The Labute approximate surface area is 187 Å². The second kappa shape index (κ2) is 10.7. The fourth-order valence-electron chi connectivity index (χ4n) is 3.34. The first kappa shape index (κ1) is 21.8. The second-order valence-electron chi connectivity index (χ2n) is 7.55. The number of rotatable bonds is 8. The summed E-state index contributed by atoms with van der Waals surface area (Å²) in [6.07, 6.45) is 3.32. The van der Waals surface area contributed by atoms with Gasteiger partial charge in [0.2, 0.25) is 0 Å². The van der Waals surface area contributed by atoms with E-state index in [1.54, 1.807) is 13.2 Å². The molecule has 4 rings (SSSR count). The molecule has 1 aromatic carbocycles. The van der Waals surface area contributed by atoms with Crippen LogP contribution in [0.1, 0.15) is 23.4 Å². The summed E-state index contributed by atoms with van der Waals surface area (Å²) >= 11 is 0. The molecule has 1 unspecified atom stereocenters. The fourth-order valence-corrected chi connectivity index (χ4v) is 3.34. The number of aryl methyl sites for hydroxylation is 1. The lowest BCUT2D eigenvalue weighted by atomic mass is 10.1. The Morgan fingerprint density at radius 3 is 2.97 bits per heavy atom. The van der Waals surface area contributed by atoms with Crippen LogP contribution in [0.15, 0.2) is 52.1 Å². The van der Waals surface area contributed by atoms with Gasteiger partial charge in [0, 0.05) is 44.7 Å². The van der Waals surface area contributed by atoms with Gasteiger partial charge in [-0.25, -0.2) is 0 Å². The first-order valence-electron chi connectivity index (χ1n) is 10.7. The van der Waals surface area contributed by atoms with Crippen LogP contribution < -0.4 is 15.4 Å². The summed E-state index contributed by atoms with van der Waals surface area (Å²) in [5.74, 6) is 2.61. The largest absolute Gasteiger partial charge is 0.488 e. The Balaban J connectivity index is 1.28. The van der Waals surface area contributed by atoms with Crippen LogP contribution in [0.3, 0.4) is 0 Å². The van der Waals surface area contributed by atoms with Crippen LogP contribution in [0.4, 0.5) is 0 Å². The fraction of sp³-hybridized carbons (Fsp3) is 0.391. The van der Waals surface area contributed by atoms with E-state index in [0.29, 0.717) is 49.5 Å². The number of nitrogens with zero attached hydrogens (tertiary/aromatic N) is 4. The minimum atomic E-state index is 0.110. The average Bonchev–Trinajstić information content (AvgIpc) is 3.50. The molecule has 0 radical (unpaired) electrons. The maximum Gasteiger partial charge on any atom is 0.276 e. The molecule has 2 aromatic heterocycles. The molecule has 0 spiro atoms. The zero-order chi connectivity index (χ0) is 22.2. The van der Waals surface area contributed by atoms with E-state index in [2.05, 4.69) is 55.9 Å². The van der Waals surface area contributed by atoms with Gasteiger partial charge in [0.25, 0.3) is 5.89 Å². The summed E-state index contributed by atoms with van der Waals surface area (Å²) in [4.78, 5) is 12.9. The quantitative estimate of drug-likeness (QED) is 0.410. The van der Waals surface area contributed by atoms with E-state index in [0.717, 1.165) is 29.9 Å². The smallest absolute Gasteiger partial charge is 0.276 e.